The van der Waals surface area contributed by atoms with Crippen LogP contribution in [-0.2, 0) is 9.59 Å². The Bertz CT molecular complexity index is 1250. The molecule has 7 nitrogen and oxygen atoms in total. The number of carbonyl (C=O) groups is 3. The second-order valence-corrected chi connectivity index (χ2v) is 7.96. The van der Waals surface area contributed by atoms with Gasteiger partial charge < -0.3 is 10.1 Å². The first-order chi connectivity index (χ1) is 15.7. The Morgan fingerprint density at radius 2 is 1.70 bits per heavy atom. The van der Waals surface area contributed by atoms with E-state index in [1.165, 1.54) is 24.3 Å². The molecule has 2 amide bonds. The topological polar surface area (TPSA) is 96.9 Å². The minimum absolute atomic E-state index is 0.154. The van der Waals surface area contributed by atoms with Crippen LogP contribution in [-0.4, -0.2) is 23.5 Å². The molecule has 0 atom stereocenters. The molecule has 0 radical (unpaired) electrons. The van der Waals surface area contributed by atoms with Gasteiger partial charge in [0.2, 0.25) is 0 Å². The van der Waals surface area contributed by atoms with E-state index in [1.54, 1.807) is 43.3 Å². The van der Waals surface area contributed by atoms with E-state index >= 15 is 0 Å². The number of carbonyl (C=O) groups excluding carboxylic acids is 3. The highest BCUT2D eigenvalue weighted by molar-refractivity contribution is 9.10. The van der Waals surface area contributed by atoms with Crippen molar-refractivity contribution in [3.63, 3.8) is 0 Å². The van der Waals surface area contributed by atoms with Crippen LogP contribution in [0.25, 0.3) is 0 Å². The van der Waals surface area contributed by atoms with Crippen molar-refractivity contribution in [1.29, 1.82) is 0 Å². The Kier molecular flexibility index (Phi) is 7.92. The molecule has 0 saturated heterocycles. The maximum atomic E-state index is 13.8. The van der Waals surface area contributed by atoms with Gasteiger partial charge in [0.1, 0.15) is 11.6 Å². The van der Waals surface area contributed by atoms with Crippen molar-refractivity contribution in [2.24, 2.45) is 5.10 Å². The lowest BCUT2D eigenvalue weighted by molar-refractivity contribution is -0.136. The smallest absolute Gasteiger partial charge is 0.343 e. The fraction of sp³-hybridized carbons (Fsp3) is 0.0435. The number of para-hydroxylation sites is 1. The number of hydrogen-bond acceptors (Lipinski definition) is 5. The number of esters is 1. The molecule has 0 heterocycles. The largest absolute Gasteiger partial charge is 0.422 e. The third-order valence-electron chi connectivity index (χ3n) is 4.27. The first-order valence-corrected chi connectivity index (χ1v) is 10.6. The minimum Gasteiger partial charge on any atom is -0.422 e. The Balaban J connectivity index is 1.69. The van der Waals surface area contributed by atoms with Crippen LogP contribution in [0.5, 0.6) is 5.75 Å². The number of hydrazone groups is 1. The van der Waals surface area contributed by atoms with Crippen LogP contribution < -0.4 is 15.5 Å². The van der Waals surface area contributed by atoms with Crippen molar-refractivity contribution in [3.05, 3.63) is 93.2 Å². The van der Waals surface area contributed by atoms with Crippen LogP contribution in [0.2, 0.25) is 5.02 Å². The summed E-state index contributed by atoms with van der Waals surface area (Å²) >= 11 is 8.94. The van der Waals surface area contributed by atoms with Crippen LogP contribution in [0.1, 0.15) is 22.8 Å². The SMILES string of the molecule is CC(=NNC(=O)C(=O)Nc1ccc(Br)cc1F)c1ccccc1OC(=O)c1ccc(Cl)cc1. The number of anilines is 1. The van der Waals surface area contributed by atoms with Gasteiger partial charge in [0.25, 0.3) is 0 Å². The Morgan fingerprint density at radius 1 is 1.00 bits per heavy atom. The van der Waals surface area contributed by atoms with E-state index in [0.29, 0.717) is 20.6 Å². The molecule has 0 aliphatic heterocycles. The lowest BCUT2D eigenvalue weighted by atomic mass is 10.1. The summed E-state index contributed by atoms with van der Waals surface area (Å²) in [6.07, 6.45) is 0. The van der Waals surface area contributed by atoms with Crippen LogP contribution >= 0.6 is 27.5 Å². The fourth-order valence-electron chi connectivity index (χ4n) is 2.61. The third-order valence-corrected chi connectivity index (χ3v) is 5.02. The molecular weight excluding hydrogens is 517 g/mol. The highest BCUT2D eigenvalue weighted by atomic mass is 79.9. The van der Waals surface area contributed by atoms with Crippen molar-refractivity contribution in [1.82, 2.24) is 5.43 Å². The van der Waals surface area contributed by atoms with E-state index in [1.807, 2.05) is 0 Å². The summed E-state index contributed by atoms with van der Waals surface area (Å²) in [5.41, 5.74) is 2.93. The summed E-state index contributed by atoms with van der Waals surface area (Å²) in [5, 5.41) is 6.54. The minimum atomic E-state index is -1.10. The molecule has 0 aliphatic rings. The molecule has 2 N–H and O–H groups in total. The summed E-state index contributed by atoms with van der Waals surface area (Å²) in [4.78, 5) is 36.5. The quantitative estimate of drug-likeness (QED) is 0.160. The van der Waals surface area contributed by atoms with Gasteiger partial charge in [-0.1, -0.05) is 39.7 Å². The van der Waals surface area contributed by atoms with Crippen LogP contribution in [0, 0.1) is 5.82 Å². The molecule has 0 saturated carbocycles. The standard InChI is InChI=1S/C23H16BrClFN3O4/c1-13(28-29-22(31)21(30)27-19-11-8-15(24)12-18(19)26)17-4-2-3-5-20(17)33-23(32)14-6-9-16(25)10-7-14/h2-12H,1H3,(H,27,30)(H,29,31). The lowest BCUT2D eigenvalue weighted by Gasteiger charge is -2.10. The van der Waals surface area contributed by atoms with Crippen LogP contribution in [0.3, 0.4) is 0 Å². The molecule has 0 aliphatic carbocycles. The van der Waals surface area contributed by atoms with Crippen molar-refractivity contribution in [3.8, 4) is 5.75 Å². The predicted octanol–water partition coefficient (Wildman–Crippen LogP) is 4.94. The van der Waals surface area contributed by atoms with Gasteiger partial charge in [0.05, 0.1) is 17.0 Å². The van der Waals surface area contributed by atoms with Crippen molar-refractivity contribution < 1.29 is 23.5 Å². The van der Waals surface area contributed by atoms with E-state index in [-0.39, 0.29) is 17.1 Å². The van der Waals surface area contributed by atoms with Crippen molar-refractivity contribution in [2.45, 2.75) is 6.92 Å². The average Bonchev–Trinajstić information content (AvgIpc) is 2.79. The zero-order valence-corrected chi connectivity index (χ0v) is 19.4. The highest BCUT2D eigenvalue weighted by Crippen LogP contribution is 2.21. The number of rotatable bonds is 5. The number of amides is 2. The molecule has 3 rings (SSSR count). The molecule has 33 heavy (non-hydrogen) atoms. The predicted molar refractivity (Wildman–Crippen MR) is 126 cm³/mol. The second-order valence-electron chi connectivity index (χ2n) is 6.61. The Hall–Kier alpha value is -3.56. The van der Waals surface area contributed by atoms with Crippen molar-refractivity contribution in [2.75, 3.05) is 5.32 Å². The van der Waals surface area contributed by atoms with Crippen LogP contribution in [0.15, 0.2) is 76.3 Å². The number of halogens is 3. The van der Waals surface area contributed by atoms with E-state index < -0.39 is 23.6 Å². The molecular formula is C23H16BrClFN3O4. The van der Waals surface area contributed by atoms with Gasteiger partial charge in [0.15, 0.2) is 0 Å². The zero-order chi connectivity index (χ0) is 24.0. The molecule has 3 aromatic carbocycles. The summed E-state index contributed by atoms with van der Waals surface area (Å²) in [6.45, 7) is 1.56. The number of nitrogens with zero attached hydrogens (tertiary/aromatic N) is 1. The molecule has 168 valence electrons. The second kappa shape index (κ2) is 10.8. The number of ether oxygens (including phenoxy) is 1. The maximum absolute atomic E-state index is 13.8. The summed E-state index contributed by atoms with van der Waals surface area (Å²) in [5.74, 6) is -3.31. The molecule has 0 fully saturated rings. The first-order valence-electron chi connectivity index (χ1n) is 9.42. The average molecular weight is 533 g/mol. The monoisotopic (exact) mass is 531 g/mol. The lowest BCUT2D eigenvalue weighted by Crippen LogP contribution is -2.33. The van der Waals surface area contributed by atoms with Gasteiger partial charge in [-0.2, -0.15) is 5.10 Å². The van der Waals surface area contributed by atoms with Crippen LogP contribution in [0.4, 0.5) is 10.1 Å². The van der Waals surface area contributed by atoms with E-state index in [0.717, 1.165) is 6.07 Å². The molecule has 0 unspecified atom stereocenters. The van der Waals surface area contributed by atoms with Gasteiger partial charge in [-0.05, 0) is 61.5 Å². The number of benzene rings is 3. The van der Waals surface area contributed by atoms with Crippen molar-refractivity contribution >= 4 is 56.7 Å². The molecule has 0 spiro atoms. The molecule has 3 aromatic rings. The fourth-order valence-corrected chi connectivity index (χ4v) is 3.07. The normalized spacial score (nSPS) is 11.0. The molecule has 0 bridgehead atoms. The van der Waals surface area contributed by atoms with E-state index in [9.17, 15) is 18.8 Å². The Morgan fingerprint density at radius 3 is 2.39 bits per heavy atom. The van der Waals surface area contributed by atoms with Gasteiger partial charge >= 0.3 is 17.8 Å². The zero-order valence-electron chi connectivity index (χ0n) is 17.1. The molecule has 0 aromatic heterocycles. The Labute approximate surface area is 201 Å². The van der Waals surface area contributed by atoms with Gasteiger partial charge in [-0.3, -0.25) is 9.59 Å². The molecule has 10 heteroatoms. The maximum Gasteiger partial charge on any atom is 0.343 e. The summed E-state index contributed by atoms with van der Waals surface area (Å²) in [7, 11) is 0. The summed E-state index contributed by atoms with van der Waals surface area (Å²) < 4.78 is 19.8. The van der Waals surface area contributed by atoms with E-state index in [2.05, 4.69) is 31.8 Å². The van der Waals surface area contributed by atoms with Gasteiger partial charge in [0, 0.05) is 15.1 Å². The number of nitrogens with one attached hydrogen (secondary N) is 2. The first kappa shape index (κ1) is 24.1. The highest BCUT2D eigenvalue weighted by Gasteiger charge is 2.17. The third kappa shape index (κ3) is 6.47. The number of hydrogen-bond donors (Lipinski definition) is 2. The van der Waals surface area contributed by atoms with E-state index in [4.69, 9.17) is 16.3 Å². The summed E-state index contributed by atoms with van der Waals surface area (Å²) in [6, 6.07) is 16.7. The van der Waals surface area contributed by atoms with Gasteiger partial charge in [-0.25, -0.2) is 14.6 Å². The van der Waals surface area contributed by atoms with Gasteiger partial charge in [-0.15, -0.1) is 0 Å².